The maximum absolute atomic E-state index is 12.4. The molecule has 0 aromatic heterocycles. The standard InChI is InChI=1S/C29H26N2O4/c1-20-4-16-26(17-5-20)34-28(32)22-8-12-24(13-9-22)30-31(3)25-14-10-23(11-15-25)29(33)35-27-18-6-21(2)7-19-27/h4-19,30H,1-3H3. The van der Waals surface area contributed by atoms with Gasteiger partial charge in [0.15, 0.2) is 0 Å². The van der Waals surface area contributed by atoms with Gasteiger partial charge in [-0.15, -0.1) is 0 Å². The molecule has 0 radical (unpaired) electrons. The molecular weight excluding hydrogens is 440 g/mol. The zero-order chi connectivity index (χ0) is 24.8. The third-order valence-corrected chi connectivity index (χ3v) is 5.37. The number of hydrogen-bond acceptors (Lipinski definition) is 6. The highest BCUT2D eigenvalue weighted by molar-refractivity contribution is 5.92. The van der Waals surface area contributed by atoms with Gasteiger partial charge >= 0.3 is 11.9 Å². The van der Waals surface area contributed by atoms with E-state index < -0.39 is 11.9 Å². The second-order valence-electron chi connectivity index (χ2n) is 8.20. The van der Waals surface area contributed by atoms with Crippen molar-refractivity contribution in [2.24, 2.45) is 0 Å². The molecule has 0 aliphatic rings. The first-order valence-corrected chi connectivity index (χ1v) is 11.2. The molecule has 0 spiro atoms. The number of anilines is 2. The van der Waals surface area contributed by atoms with Gasteiger partial charge in [-0.25, -0.2) is 9.59 Å². The lowest BCUT2D eigenvalue weighted by molar-refractivity contribution is 0.0725. The summed E-state index contributed by atoms with van der Waals surface area (Å²) in [6.07, 6.45) is 0. The van der Waals surface area contributed by atoms with Crippen LogP contribution in [-0.2, 0) is 0 Å². The van der Waals surface area contributed by atoms with E-state index in [1.54, 1.807) is 60.7 Å². The third kappa shape index (κ3) is 6.26. The van der Waals surface area contributed by atoms with Crippen molar-refractivity contribution in [2.75, 3.05) is 17.5 Å². The number of carbonyl (C=O) groups is 2. The number of hydrogen-bond donors (Lipinski definition) is 1. The fourth-order valence-electron chi connectivity index (χ4n) is 3.30. The smallest absolute Gasteiger partial charge is 0.343 e. The number of rotatable bonds is 7. The lowest BCUT2D eigenvalue weighted by Gasteiger charge is -2.22. The fraction of sp³-hybridized carbons (Fsp3) is 0.103. The minimum absolute atomic E-state index is 0.413. The van der Waals surface area contributed by atoms with Crippen LogP contribution in [0.2, 0.25) is 0 Å². The molecule has 0 saturated heterocycles. The molecule has 176 valence electrons. The number of ether oxygens (including phenoxy) is 2. The molecular formula is C29H26N2O4. The first-order valence-electron chi connectivity index (χ1n) is 11.2. The Morgan fingerprint density at radius 3 is 1.43 bits per heavy atom. The van der Waals surface area contributed by atoms with E-state index in [4.69, 9.17) is 9.47 Å². The molecule has 0 aliphatic carbocycles. The van der Waals surface area contributed by atoms with E-state index in [2.05, 4.69) is 5.43 Å². The van der Waals surface area contributed by atoms with Gasteiger partial charge in [-0.2, -0.15) is 0 Å². The van der Waals surface area contributed by atoms with E-state index in [0.29, 0.717) is 22.6 Å². The van der Waals surface area contributed by atoms with Crippen LogP contribution in [0, 0.1) is 13.8 Å². The van der Waals surface area contributed by atoms with Gasteiger partial charge in [-0.3, -0.25) is 10.4 Å². The SMILES string of the molecule is Cc1ccc(OC(=O)c2ccc(NN(C)c3ccc(C(=O)Oc4ccc(C)cc4)cc3)cc2)cc1. The van der Waals surface area contributed by atoms with Crippen molar-refractivity contribution in [1.82, 2.24) is 0 Å². The van der Waals surface area contributed by atoms with Crippen LogP contribution in [0.15, 0.2) is 97.1 Å². The molecule has 0 aliphatic heterocycles. The number of nitrogens with zero attached hydrogens (tertiary/aromatic N) is 1. The predicted molar refractivity (Wildman–Crippen MR) is 137 cm³/mol. The summed E-state index contributed by atoms with van der Waals surface area (Å²) < 4.78 is 10.8. The molecule has 1 N–H and O–H groups in total. The summed E-state index contributed by atoms with van der Waals surface area (Å²) in [5.74, 6) is 0.189. The minimum atomic E-state index is -0.415. The molecule has 0 saturated carbocycles. The molecule has 6 nitrogen and oxygen atoms in total. The molecule has 0 unspecified atom stereocenters. The average Bonchev–Trinajstić information content (AvgIpc) is 2.87. The molecule has 4 rings (SSSR count). The Balaban J connectivity index is 1.33. The highest BCUT2D eigenvalue weighted by Crippen LogP contribution is 2.20. The van der Waals surface area contributed by atoms with Crippen molar-refractivity contribution in [3.8, 4) is 11.5 Å². The van der Waals surface area contributed by atoms with E-state index >= 15 is 0 Å². The Morgan fingerprint density at radius 1 is 0.600 bits per heavy atom. The summed E-state index contributed by atoms with van der Waals surface area (Å²) in [7, 11) is 1.86. The molecule has 6 heteroatoms. The van der Waals surface area contributed by atoms with E-state index in [-0.39, 0.29) is 0 Å². The largest absolute Gasteiger partial charge is 0.423 e. The molecule has 0 fully saturated rings. The van der Waals surface area contributed by atoms with Gasteiger partial charge in [0.25, 0.3) is 0 Å². The highest BCUT2D eigenvalue weighted by Gasteiger charge is 2.11. The van der Waals surface area contributed by atoms with E-state index in [1.165, 1.54) is 0 Å². The van der Waals surface area contributed by atoms with Crippen LogP contribution in [0.25, 0.3) is 0 Å². The summed E-state index contributed by atoms with van der Waals surface area (Å²) >= 11 is 0. The summed E-state index contributed by atoms with van der Waals surface area (Å²) in [5, 5.41) is 1.81. The predicted octanol–water partition coefficient (Wildman–Crippen LogP) is 6.21. The van der Waals surface area contributed by atoms with E-state index in [1.807, 2.05) is 62.3 Å². The number of benzene rings is 4. The monoisotopic (exact) mass is 466 g/mol. The van der Waals surface area contributed by atoms with E-state index in [0.717, 1.165) is 22.5 Å². The Hall–Kier alpha value is -4.58. The maximum atomic E-state index is 12.4. The highest BCUT2D eigenvalue weighted by atomic mass is 16.5. The molecule has 4 aromatic rings. The zero-order valence-corrected chi connectivity index (χ0v) is 19.8. The second kappa shape index (κ2) is 10.6. The Kier molecular flexibility index (Phi) is 7.12. The van der Waals surface area contributed by atoms with Gasteiger partial charge in [0, 0.05) is 7.05 Å². The fourth-order valence-corrected chi connectivity index (χ4v) is 3.30. The molecule has 0 bridgehead atoms. The number of hydrazine groups is 1. The van der Waals surface area contributed by atoms with Gasteiger partial charge in [0.1, 0.15) is 11.5 Å². The first-order chi connectivity index (χ1) is 16.9. The minimum Gasteiger partial charge on any atom is -0.423 e. The lowest BCUT2D eigenvalue weighted by atomic mass is 10.2. The second-order valence-corrected chi connectivity index (χ2v) is 8.20. The third-order valence-electron chi connectivity index (χ3n) is 5.37. The summed E-state index contributed by atoms with van der Waals surface area (Å²) in [6, 6.07) is 28.8. The number of esters is 2. The van der Waals surface area contributed by atoms with Gasteiger partial charge < -0.3 is 9.47 Å². The van der Waals surface area contributed by atoms with Gasteiger partial charge in [-0.1, -0.05) is 35.4 Å². The summed E-state index contributed by atoms with van der Waals surface area (Å²) in [6.45, 7) is 3.95. The van der Waals surface area contributed by atoms with Crippen molar-refractivity contribution in [3.05, 3.63) is 119 Å². The Bertz CT molecular complexity index is 1300. The van der Waals surface area contributed by atoms with E-state index in [9.17, 15) is 9.59 Å². The van der Waals surface area contributed by atoms with Crippen molar-refractivity contribution in [1.29, 1.82) is 0 Å². The van der Waals surface area contributed by atoms with Crippen LogP contribution in [0.4, 0.5) is 11.4 Å². The van der Waals surface area contributed by atoms with Crippen molar-refractivity contribution in [2.45, 2.75) is 13.8 Å². The quantitative estimate of drug-likeness (QED) is 0.199. The van der Waals surface area contributed by atoms with Crippen molar-refractivity contribution in [3.63, 3.8) is 0 Å². The Labute approximate surface area is 204 Å². The number of carbonyl (C=O) groups excluding carboxylic acids is 2. The normalized spacial score (nSPS) is 10.4. The van der Waals surface area contributed by atoms with Gasteiger partial charge in [-0.05, 0) is 86.6 Å². The van der Waals surface area contributed by atoms with Crippen LogP contribution in [0.5, 0.6) is 11.5 Å². The molecule has 4 aromatic carbocycles. The zero-order valence-electron chi connectivity index (χ0n) is 19.8. The molecule has 35 heavy (non-hydrogen) atoms. The van der Waals surface area contributed by atoms with Crippen LogP contribution in [0.1, 0.15) is 31.8 Å². The van der Waals surface area contributed by atoms with Crippen molar-refractivity contribution < 1.29 is 19.1 Å². The number of nitrogens with one attached hydrogen (secondary N) is 1. The van der Waals surface area contributed by atoms with Crippen LogP contribution in [-0.4, -0.2) is 19.0 Å². The Morgan fingerprint density at radius 2 is 1.00 bits per heavy atom. The van der Waals surface area contributed by atoms with Crippen molar-refractivity contribution >= 4 is 23.3 Å². The van der Waals surface area contributed by atoms with Crippen LogP contribution < -0.4 is 19.9 Å². The molecule has 0 heterocycles. The number of aryl methyl sites for hydroxylation is 2. The van der Waals surface area contributed by atoms with Crippen LogP contribution in [0.3, 0.4) is 0 Å². The van der Waals surface area contributed by atoms with Crippen LogP contribution >= 0.6 is 0 Å². The lowest BCUT2D eigenvalue weighted by Crippen LogP contribution is -2.24. The maximum Gasteiger partial charge on any atom is 0.343 e. The summed E-state index contributed by atoms with van der Waals surface area (Å²) in [4.78, 5) is 24.8. The average molecular weight is 467 g/mol. The van der Waals surface area contributed by atoms with Gasteiger partial charge in [0.2, 0.25) is 0 Å². The summed E-state index contributed by atoms with van der Waals surface area (Å²) in [5.41, 5.74) is 7.99. The molecule has 0 amide bonds. The molecule has 0 atom stereocenters. The van der Waals surface area contributed by atoms with Gasteiger partial charge in [0.05, 0.1) is 22.5 Å². The topological polar surface area (TPSA) is 67.9 Å². The first kappa shape index (κ1) is 23.6.